The molecule has 1 aliphatic rings. The summed E-state index contributed by atoms with van der Waals surface area (Å²) in [5.41, 5.74) is 9.56. The molecule has 1 atom stereocenters. The molecule has 32 heavy (non-hydrogen) atoms. The predicted octanol–water partition coefficient (Wildman–Crippen LogP) is 4.65. The molecule has 166 valence electrons. The van der Waals surface area contributed by atoms with Crippen LogP contribution in [-0.2, 0) is 4.74 Å². The Hall–Kier alpha value is -3.32. The van der Waals surface area contributed by atoms with Gasteiger partial charge in [-0.05, 0) is 55.7 Å². The number of ether oxygens (including phenoxy) is 1. The lowest BCUT2D eigenvalue weighted by molar-refractivity contribution is 0.0526. The van der Waals surface area contributed by atoms with Crippen LogP contribution in [-0.4, -0.2) is 41.0 Å². The summed E-state index contributed by atoms with van der Waals surface area (Å²) in [5, 5.41) is 19.0. The summed E-state index contributed by atoms with van der Waals surface area (Å²) in [4.78, 5) is 14.2. The van der Waals surface area contributed by atoms with Crippen molar-refractivity contribution >= 4 is 29.1 Å². The first kappa shape index (κ1) is 21.9. The number of benzene rings is 2. The average molecular weight is 453 g/mol. The average Bonchev–Trinajstić information content (AvgIpc) is 2.80. The first-order chi connectivity index (χ1) is 15.5. The number of nitrogens with two attached hydrogens (primary N) is 1. The summed E-state index contributed by atoms with van der Waals surface area (Å²) in [5.74, 6) is 0.281. The molecule has 0 spiro atoms. The quantitative estimate of drug-likeness (QED) is 0.543. The third kappa shape index (κ3) is 4.48. The Morgan fingerprint density at radius 1 is 1.25 bits per heavy atom. The summed E-state index contributed by atoms with van der Waals surface area (Å²) in [6.07, 6.45) is 1.92. The molecule has 1 saturated heterocycles. The summed E-state index contributed by atoms with van der Waals surface area (Å²) >= 11 is 6.55. The maximum atomic E-state index is 12.0. The van der Waals surface area contributed by atoms with Crippen LogP contribution >= 0.6 is 11.6 Å². The SMILES string of the molecule is CCOC(=O)c1ccc([C@H]2CCCN(c3cc(-c4ccccc4O)nnc3N)C2)c(Cl)c1. The van der Waals surface area contributed by atoms with Crippen molar-refractivity contribution in [1.29, 1.82) is 0 Å². The van der Waals surface area contributed by atoms with Crippen LogP contribution in [0.15, 0.2) is 48.5 Å². The zero-order valence-corrected chi connectivity index (χ0v) is 18.5. The second-order valence-corrected chi connectivity index (χ2v) is 8.17. The van der Waals surface area contributed by atoms with E-state index in [0.717, 1.165) is 30.6 Å². The van der Waals surface area contributed by atoms with Gasteiger partial charge in [-0.1, -0.05) is 29.8 Å². The molecule has 3 aromatic rings. The molecule has 7 nitrogen and oxygen atoms in total. The van der Waals surface area contributed by atoms with Crippen LogP contribution in [0.2, 0.25) is 5.02 Å². The fraction of sp³-hybridized carbons (Fsp3) is 0.292. The van der Waals surface area contributed by atoms with E-state index in [1.807, 2.05) is 18.2 Å². The first-order valence-electron chi connectivity index (χ1n) is 10.6. The predicted molar refractivity (Wildman–Crippen MR) is 125 cm³/mol. The third-order valence-electron chi connectivity index (χ3n) is 5.69. The van der Waals surface area contributed by atoms with E-state index in [9.17, 15) is 9.90 Å². The Kier molecular flexibility index (Phi) is 6.46. The lowest BCUT2D eigenvalue weighted by Crippen LogP contribution is -2.35. The number of piperidine rings is 1. The van der Waals surface area contributed by atoms with Crippen LogP contribution in [0.1, 0.15) is 41.6 Å². The number of phenols is 1. The van der Waals surface area contributed by atoms with Gasteiger partial charge in [0.2, 0.25) is 0 Å². The van der Waals surface area contributed by atoms with E-state index in [1.165, 1.54) is 0 Å². The van der Waals surface area contributed by atoms with Crippen LogP contribution in [0.25, 0.3) is 11.3 Å². The molecule has 8 heteroatoms. The summed E-state index contributed by atoms with van der Waals surface area (Å²) in [6, 6.07) is 14.2. The molecule has 1 aliphatic heterocycles. The number of aromatic nitrogens is 2. The van der Waals surface area contributed by atoms with Crippen molar-refractivity contribution in [2.24, 2.45) is 0 Å². The van der Waals surface area contributed by atoms with Gasteiger partial charge in [-0.15, -0.1) is 10.2 Å². The molecular formula is C24H25ClN4O3. The number of halogens is 1. The molecule has 3 N–H and O–H groups in total. The fourth-order valence-electron chi connectivity index (χ4n) is 4.12. The minimum Gasteiger partial charge on any atom is -0.507 e. The van der Waals surface area contributed by atoms with Gasteiger partial charge in [-0.3, -0.25) is 0 Å². The lowest BCUT2D eigenvalue weighted by Gasteiger charge is -2.35. The Labute approximate surface area is 191 Å². The lowest BCUT2D eigenvalue weighted by atomic mass is 9.89. The third-order valence-corrected chi connectivity index (χ3v) is 6.02. The number of rotatable bonds is 5. The van der Waals surface area contributed by atoms with Gasteiger partial charge in [0, 0.05) is 29.6 Å². The van der Waals surface area contributed by atoms with E-state index in [-0.39, 0.29) is 17.6 Å². The number of aromatic hydroxyl groups is 1. The number of nitrogen functional groups attached to an aromatic ring is 1. The van der Waals surface area contributed by atoms with Gasteiger partial charge in [-0.2, -0.15) is 0 Å². The molecule has 0 radical (unpaired) electrons. The number of phenolic OH excluding ortho intramolecular Hbond substituents is 1. The van der Waals surface area contributed by atoms with Gasteiger partial charge in [0.15, 0.2) is 5.82 Å². The second-order valence-electron chi connectivity index (χ2n) is 7.76. The summed E-state index contributed by atoms with van der Waals surface area (Å²) in [7, 11) is 0. The zero-order chi connectivity index (χ0) is 22.7. The standard InChI is InChI=1S/C24H25ClN4O3/c1-2-32-24(31)15-9-10-17(19(25)12-15)16-6-5-11-29(14-16)21-13-20(27-28-23(21)26)18-7-3-4-8-22(18)30/h3-4,7-10,12-13,16,30H,2,5-6,11,14H2,1H3,(H2,26,28)/t16-/m0/s1. The van der Waals surface area contributed by atoms with Gasteiger partial charge in [0.05, 0.1) is 23.6 Å². The van der Waals surface area contributed by atoms with E-state index in [2.05, 4.69) is 15.1 Å². The van der Waals surface area contributed by atoms with Crippen molar-refractivity contribution in [2.75, 3.05) is 30.3 Å². The molecular weight excluding hydrogens is 428 g/mol. The molecule has 4 rings (SSSR count). The Morgan fingerprint density at radius 3 is 2.81 bits per heavy atom. The molecule has 1 aromatic heterocycles. The molecule has 1 fully saturated rings. The summed E-state index contributed by atoms with van der Waals surface area (Å²) in [6.45, 7) is 3.62. The summed E-state index contributed by atoms with van der Waals surface area (Å²) < 4.78 is 5.06. The Bertz CT molecular complexity index is 1140. The minimum atomic E-state index is -0.376. The van der Waals surface area contributed by atoms with Crippen molar-refractivity contribution in [3.63, 3.8) is 0 Å². The number of carbonyl (C=O) groups excluding carboxylic acids is 1. The molecule has 0 saturated carbocycles. The number of carbonyl (C=O) groups is 1. The van der Waals surface area contributed by atoms with E-state index in [1.54, 1.807) is 37.3 Å². The van der Waals surface area contributed by atoms with Crippen molar-refractivity contribution in [1.82, 2.24) is 10.2 Å². The van der Waals surface area contributed by atoms with E-state index in [4.69, 9.17) is 22.1 Å². The van der Waals surface area contributed by atoms with Gasteiger partial charge >= 0.3 is 5.97 Å². The number of anilines is 2. The highest BCUT2D eigenvalue weighted by molar-refractivity contribution is 6.31. The van der Waals surface area contributed by atoms with Gasteiger partial charge in [0.1, 0.15) is 5.75 Å². The molecule has 0 bridgehead atoms. The van der Waals surface area contributed by atoms with Crippen molar-refractivity contribution in [3.05, 3.63) is 64.7 Å². The smallest absolute Gasteiger partial charge is 0.338 e. The zero-order valence-electron chi connectivity index (χ0n) is 17.8. The minimum absolute atomic E-state index is 0.141. The molecule has 0 aliphatic carbocycles. The normalized spacial score (nSPS) is 16.1. The van der Waals surface area contributed by atoms with Gasteiger partial charge < -0.3 is 20.5 Å². The molecule has 2 aromatic carbocycles. The number of hydrogen-bond donors (Lipinski definition) is 2. The molecule has 0 unspecified atom stereocenters. The van der Waals surface area contributed by atoms with Gasteiger partial charge in [0.25, 0.3) is 0 Å². The number of hydrogen-bond acceptors (Lipinski definition) is 7. The number of esters is 1. The van der Waals surface area contributed by atoms with E-state index in [0.29, 0.717) is 40.8 Å². The van der Waals surface area contributed by atoms with Gasteiger partial charge in [-0.25, -0.2) is 4.79 Å². The second kappa shape index (κ2) is 9.44. The highest BCUT2D eigenvalue weighted by Gasteiger charge is 2.26. The highest BCUT2D eigenvalue weighted by Crippen LogP contribution is 2.37. The Balaban J connectivity index is 1.59. The van der Waals surface area contributed by atoms with Crippen LogP contribution in [0.3, 0.4) is 0 Å². The van der Waals surface area contributed by atoms with Crippen LogP contribution < -0.4 is 10.6 Å². The highest BCUT2D eigenvalue weighted by atomic mass is 35.5. The fourth-order valence-corrected chi connectivity index (χ4v) is 4.45. The maximum Gasteiger partial charge on any atom is 0.338 e. The topological polar surface area (TPSA) is 102 Å². The van der Waals surface area contributed by atoms with Crippen LogP contribution in [0, 0.1) is 0 Å². The van der Waals surface area contributed by atoms with Crippen molar-refractivity contribution in [2.45, 2.75) is 25.7 Å². The van der Waals surface area contributed by atoms with E-state index < -0.39 is 0 Å². The maximum absolute atomic E-state index is 12.0. The van der Waals surface area contributed by atoms with Crippen LogP contribution in [0.4, 0.5) is 11.5 Å². The van der Waals surface area contributed by atoms with E-state index >= 15 is 0 Å². The van der Waals surface area contributed by atoms with Crippen molar-refractivity contribution in [3.8, 4) is 17.0 Å². The Morgan fingerprint density at radius 2 is 2.06 bits per heavy atom. The first-order valence-corrected chi connectivity index (χ1v) is 11.0. The molecule has 2 heterocycles. The number of nitrogens with zero attached hydrogens (tertiary/aromatic N) is 3. The monoisotopic (exact) mass is 452 g/mol. The van der Waals surface area contributed by atoms with Crippen LogP contribution in [0.5, 0.6) is 5.75 Å². The largest absolute Gasteiger partial charge is 0.507 e. The van der Waals surface area contributed by atoms with Crippen molar-refractivity contribution < 1.29 is 14.6 Å². The number of para-hydroxylation sites is 1. The molecule has 0 amide bonds.